The zero-order valence-electron chi connectivity index (χ0n) is 11.6. The maximum atomic E-state index is 4.44. The van der Waals surface area contributed by atoms with E-state index < -0.39 is 0 Å². The van der Waals surface area contributed by atoms with Crippen molar-refractivity contribution in [1.29, 1.82) is 0 Å². The Labute approximate surface area is 114 Å². The molecule has 0 fully saturated rings. The molecule has 1 aromatic heterocycles. The summed E-state index contributed by atoms with van der Waals surface area (Å²) >= 11 is 0. The highest BCUT2D eigenvalue weighted by Gasteiger charge is 2.24. The van der Waals surface area contributed by atoms with Crippen LogP contribution in [0.4, 0.5) is 0 Å². The van der Waals surface area contributed by atoms with Crippen LogP contribution in [0.2, 0.25) is 0 Å². The molecule has 0 saturated heterocycles. The van der Waals surface area contributed by atoms with Gasteiger partial charge in [-0.15, -0.1) is 0 Å². The summed E-state index contributed by atoms with van der Waals surface area (Å²) in [5, 5.41) is 11.0. The first kappa shape index (κ1) is 13.8. The van der Waals surface area contributed by atoms with Gasteiger partial charge in [0.05, 0.1) is 6.04 Å². The standard InChI is InChI=1S/C15H22N4/c1-16-11-14(12-17-2)15(19-10-6-9-18-19)13-7-4-3-5-8-13/h3-10,14-17H,11-12H2,1-2H3. The second kappa shape index (κ2) is 7.07. The summed E-state index contributed by atoms with van der Waals surface area (Å²) in [5.74, 6) is 0.442. The number of rotatable bonds is 7. The van der Waals surface area contributed by atoms with Gasteiger partial charge in [-0.3, -0.25) is 4.68 Å². The van der Waals surface area contributed by atoms with Gasteiger partial charge < -0.3 is 10.6 Å². The van der Waals surface area contributed by atoms with Crippen molar-refractivity contribution in [2.24, 2.45) is 5.92 Å². The molecule has 2 rings (SSSR count). The number of aromatic nitrogens is 2. The molecule has 102 valence electrons. The highest BCUT2D eigenvalue weighted by Crippen LogP contribution is 2.25. The van der Waals surface area contributed by atoms with E-state index in [0.717, 1.165) is 13.1 Å². The summed E-state index contributed by atoms with van der Waals surface area (Å²) in [4.78, 5) is 0. The number of hydrogen-bond donors (Lipinski definition) is 2. The summed E-state index contributed by atoms with van der Waals surface area (Å²) in [6.45, 7) is 1.89. The third-order valence-corrected chi connectivity index (χ3v) is 3.33. The first-order chi connectivity index (χ1) is 9.36. The van der Waals surface area contributed by atoms with E-state index in [1.165, 1.54) is 5.56 Å². The van der Waals surface area contributed by atoms with Gasteiger partial charge in [-0.2, -0.15) is 5.10 Å². The van der Waals surface area contributed by atoms with E-state index in [2.05, 4.69) is 50.7 Å². The van der Waals surface area contributed by atoms with Crippen LogP contribution in [0.25, 0.3) is 0 Å². The van der Waals surface area contributed by atoms with Crippen LogP contribution >= 0.6 is 0 Å². The third kappa shape index (κ3) is 3.43. The molecule has 1 atom stereocenters. The number of benzene rings is 1. The van der Waals surface area contributed by atoms with Gasteiger partial charge in [0.25, 0.3) is 0 Å². The molecule has 0 radical (unpaired) electrons. The molecule has 0 spiro atoms. The molecule has 2 N–H and O–H groups in total. The van der Waals surface area contributed by atoms with E-state index >= 15 is 0 Å². The van der Waals surface area contributed by atoms with Gasteiger partial charge in [0.2, 0.25) is 0 Å². The lowest BCUT2D eigenvalue weighted by Crippen LogP contribution is -2.35. The highest BCUT2D eigenvalue weighted by atomic mass is 15.3. The minimum atomic E-state index is 0.246. The van der Waals surface area contributed by atoms with Crippen molar-refractivity contribution >= 4 is 0 Å². The third-order valence-electron chi connectivity index (χ3n) is 3.33. The second-order valence-corrected chi connectivity index (χ2v) is 4.72. The molecule has 4 heteroatoms. The average molecular weight is 258 g/mol. The fraction of sp³-hybridized carbons (Fsp3) is 0.400. The van der Waals surface area contributed by atoms with E-state index in [4.69, 9.17) is 0 Å². The molecule has 19 heavy (non-hydrogen) atoms. The zero-order chi connectivity index (χ0) is 13.5. The Balaban J connectivity index is 2.33. The van der Waals surface area contributed by atoms with Crippen molar-refractivity contribution in [1.82, 2.24) is 20.4 Å². The predicted molar refractivity (Wildman–Crippen MR) is 78.2 cm³/mol. The lowest BCUT2D eigenvalue weighted by Gasteiger charge is -2.28. The molecule has 1 heterocycles. The Hall–Kier alpha value is -1.65. The highest BCUT2D eigenvalue weighted by molar-refractivity contribution is 5.21. The second-order valence-electron chi connectivity index (χ2n) is 4.72. The fourth-order valence-corrected chi connectivity index (χ4v) is 2.56. The average Bonchev–Trinajstić information content (AvgIpc) is 2.95. The first-order valence-corrected chi connectivity index (χ1v) is 6.70. The molecule has 4 nitrogen and oxygen atoms in total. The summed E-state index contributed by atoms with van der Waals surface area (Å²) < 4.78 is 2.05. The van der Waals surface area contributed by atoms with Gasteiger partial charge in [0.15, 0.2) is 0 Å². The van der Waals surface area contributed by atoms with Crippen LogP contribution in [-0.2, 0) is 0 Å². The maximum absolute atomic E-state index is 4.44. The smallest absolute Gasteiger partial charge is 0.0820 e. The van der Waals surface area contributed by atoms with Crippen molar-refractivity contribution in [3.8, 4) is 0 Å². The molecule has 1 aromatic carbocycles. The molecular weight excluding hydrogens is 236 g/mol. The van der Waals surface area contributed by atoms with E-state index in [1.807, 2.05) is 32.6 Å². The Kier molecular flexibility index (Phi) is 5.12. The number of nitrogens with zero attached hydrogens (tertiary/aromatic N) is 2. The molecule has 0 saturated carbocycles. The van der Waals surface area contributed by atoms with Crippen LogP contribution in [-0.4, -0.2) is 37.0 Å². The first-order valence-electron chi connectivity index (χ1n) is 6.70. The molecule has 0 aliphatic carbocycles. The Bertz CT molecular complexity index is 446. The maximum Gasteiger partial charge on any atom is 0.0820 e. The fourth-order valence-electron chi connectivity index (χ4n) is 2.56. The van der Waals surface area contributed by atoms with Gasteiger partial charge in [0.1, 0.15) is 0 Å². The Morgan fingerprint density at radius 3 is 2.26 bits per heavy atom. The van der Waals surface area contributed by atoms with Crippen LogP contribution in [0.1, 0.15) is 11.6 Å². The van der Waals surface area contributed by atoms with Crippen LogP contribution in [0, 0.1) is 5.92 Å². The topological polar surface area (TPSA) is 41.9 Å². The Morgan fingerprint density at radius 1 is 1.05 bits per heavy atom. The summed E-state index contributed by atoms with van der Waals surface area (Å²) in [7, 11) is 3.99. The van der Waals surface area contributed by atoms with Crippen LogP contribution in [0.15, 0.2) is 48.8 Å². The predicted octanol–water partition coefficient (Wildman–Crippen LogP) is 1.53. The molecule has 0 aliphatic rings. The van der Waals surface area contributed by atoms with Crippen molar-refractivity contribution < 1.29 is 0 Å². The van der Waals surface area contributed by atoms with E-state index in [0.29, 0.717) is 5.92 Å². The molecule has 1 unspecified atom stereocenters. The van der Waals surface area contributed by atoms with E-state index in [9.17, 15) is 0 Å². The minimum absolute atomic E-state index is 0.246. The van der Waals surface area contributed by atoms with E-state index in [1.54, 1.807) is 0 Å². The van der Waals surface area contributed by atoms with Gasteiger partial charge in [0, 0.05) is 31.4 Å². The van der Waals surface area contributed by atoms with Crippen molar-refractivity contribution in [3.05, 3.63) is 54.4 Å². The zero-order valence-corrected chi connectivity index (χ0v) is 11.6. The largest absolute Gasteiger partial charge is 0.319 e. The molecular formula is C15H22N4. The monoisotopic (exact) mass is 258 g/mol. The quantitative estimate of drug-likeness (QED) is 0.791. The van der Waals surface area contributed by atoms with Crippen LogP contribution in [0.5, 0.6) is 0 Å². The van der Waals surface area contributed by atoms with Crippen molar-refractivity contribution in [2.45, 2.75) is 6.04 Å². The molecule has 0 bridgehead atoms. The minimum Gasteiger partial charge on any atom is -0.319 e. The van der Waals surface area contributed by atoms with Crippen LogP contribution in [0.3, 0.4) is 0 Å². The van der Waals surface area contributed by atoms with Gasteiger partial charge in [-0.25, -0.2) is 0 Å². The van der Waals surface area contributed by atoms with Crippen LogP contribution < -0.4 is 10.6 Å². The molecule has 0 aliphatic heterocycles. The molecule has 0 amide bonds. The van der Waals surface area contributed by atoms with Gasteiger partial charge >= 0.3 is 0 Å². The lowest BCUT2D eigenvalue weighted by atomic mass is 9.92. The normalized spacial score (nSPS) is 12.8. The Morgan fingerprint density at radius 2 is 1.74 bits per heavy atom. The summed E-state index contributed by atoms with van der Waals surface area (Å²) in [6, 6.07) is 12.8. The van der Waals surface area contributed by atoms with Gasteiger partial charge in [-0.1, -0.05) is 30.3 Å². The van der Waals surface area contributed by atoms with E-state index in [-0.39, 0.29) is 6.04 Å². The molecule has 2 aromatic rings. The summed E-state index contributed by atoms with van der Waals surface area (Å²) in [5.41, 5.74) is 1.29. The van der Waals surface area contributed by atoms with Crippen molar-refractivity contribution in [2.75, 3.05) is 27.2 Å². The summed E-state index contributed by atoms with van der Waals surface area (Å²) in [6.07, 6.45) is 3.88. The lowest BCUT2D eigenvalue weighted by molar-refractivity contribution is 0.335. The number of hydrogen-bond acceptors (Lipinski definition) is 3. The number of nitrogens with one attached hydrogen (secondary N) is 2. The van der Waals surface area contributed by atoms with Gasteiger partial charge in [-0.05, 0) is 25.7 Å². The van der Waals surface area contributed by atoms with Crippen molar-refractivity contribution in [3.63, 3.8) is 0 Å². The SMILES string of the molecule is CNCC(CNC)C(c1ccccc1)n1cccn1.